The highest BCUT2D eigenvalue weighted by atomic mass is 19.1. The number of phenols is 1. The molecule has 0 spiro atoms. The number of ether oxygens (including phenoxy) is 2. The molecule has 0 fully saturated rings. The van der Waals surface area contributed by atoms with E-state index in [9.17, 15) is 23.9 Å². The van der Waals surface area contributed by atoms with E-state index in [4.69, 9.17) is 9.47 Å². The molecule has 26 heavy (non-hydrogen) atoms. The Morgan fingerprint density at radius 3 is 2.54 bits per heavy atom. The number of para-hydroxylation sites is 1. The van der Waals surface area contributed by atoms with Gasteiger partial charge in [-0.15, -0.1) is 0 Å². The van der Waals surface area contributed by atoms with Gasteiger partial charge >= 0.3 is 12.0 Å². The Morgan fingerprint density at radius 1 is 1.15 bits per heavy atom. The maximum absolute atomic E-state index is 13.4. The van der Waals surface area contributed by atoms with Gasteiger partial charge in [-0.3, -0.25) is 10.1 Å². The van der Waals surface area contributed by atoms with Crippen LogP contribution in [-0.2, 0) is 9.53 Å². The number of methoxy groups -OCH3 is 1. The van der Waals surface area contributed by atoms with Gasteiger partial charge in [-0.05, 0) is 24.3 Å². The monoisotopic (exact) mass is 362 g/mol. The second kappa shape index (κ2) is 8.47. The van der Waals surface area contributed by atoms with Gasteiger partial charge in [0.05, 0.1) is 12.8 Å². The number of amides is 3. The van der Waals surface area contributed by atoms with E-state index in [0.717, 1.165) is 6.07 Å². The second-order valence-corrected chi connectivity index (χ2v) is 4.94. The van der Waals surface area contributed by atoms with Crippen LogP contribution in [0.1, 0.15) is 10.4 Å². The Hall–Kier alpha value is -3.62. The lowest BCUT2D eigenvalue weighted by atomic mass is 10.2. The number of rotatable bonds is 5. The van der Waals surface area contributed by atoms with Crippen LogP contribution in [0.2, 0.25) is 0 Å². The van der Waals surface area contributed by atoms with Crippen LogP contribution in [0.25, 0.3) is 0 Å². The van der Waals surface area contributed by atoms with Crippen molar-refractivity contribution in [3.63, 3.8) is 0 Å². The summed E-state index contributed by atoms with van der Waals surface area (Å²) in [6, 6.07) is 8.31. The quantitative estimate of drug-likeness (QED) is 0.702. The lowest BCUT2D eigenvalue weighted by Gasteiger charge is -2.09. The summed E-state index contributed by atoms with van der Waals surface area (Å²) in [4.78, 5) is 35.1. The number of benzene rings is 2. The molecule has 2 aromatic carbocycles. The number of carbonyl (C=O) groups is 3. The predicted molar refractivity (Wildman–Crippen MR) is 88.5 cm³/mol. The minimum Gasteiger partial charge on any atom is -0.507 e. The van der Waals surface area contributed by atoms with E-state index in [1.165, 1.54) is 43.5 Å². The predicted octanol–water partition coefficient (Wildman–Crippen LogP) is 2.04. The van der Waals surface area contributed by atoms with E-state index in [0.29, 0.717) is 5.75 Å². The minimum atomic E-state index is -0.983. The zero-order valence-corrected chi connectivity index (χ0v) is 13.6. The van der Waals surface area contributed by atoms with E-state index in [1.807, 2.05) is 5.32 Å². The fourth-order valence-corrected chi connectivity index (χ4v) is 1.90. The molecule has 0 heterocycles. The number of anilines is 1. The first-order valence-corrected chi connectivity index (χ1v) is 7.30. The first kappa shape index (κ1) is 18.7. The van der Waals surface area contributed by atoms with Crippen molar-refractivity contribution < 1.29 is 33.4 Å². The summed E-state index contributed by atoms with van der Waals surface area (Å²) in [5.74, 6) is -2.61. The number of nitrogens with one attached hydrogen (secondary N) is 2. The number of esters is 1. The van der Waals surface area contributed by atoms with Gasteiger partial charge in [-0.2, -0.15) is 0 Å². The summed E-state index contributed by atoms with van der Waals surface area (Å²) in [6.07, 6.45) is 0. The molecule has 0 unspecified atom stereocenters. The molecule has 0 aliphatic rings. The molecular formula is C17H15FN2O6. The Bertz CT molecular complexity index is 840. The van der Waals surface area contributed by atoms with Crippen molar-refractivity contribution in [3.05, 3.63) is 53.8 Å². The lowest BCUT2D eigenvalue weighted by Crippen LogP contribution is -2.37. The third-order valence-corrected chi connectivity index (χ3v) is 3.13. The zero-order valence-electron chi connectivity index (χ0n) is 13.6. The van der Waals surface area contributed by atoms with Crippen LogP contribution in [0.3, 0.4) is 0 Å². The van der Waals surface area contributed by atoms with E-state index in [2.05, 4.69) is 5.32 Å². The molecule has 0 aromatic heterocycles. The molecule has 9 heteroatoms. The van der Waals surface area contributed by atoms with Gasteiger partial charge in [0.25, 0.3) is 5.91 Å². The van der Waals surface area contributed by atoms with Crippen molar-refractivity contribution in [2.45, 2.75) is 0 Å². The van der Waals surface area contributed by atoms with Crippen molar-refractivity contribution in [1.29, 1.82) is 0 Å². The summed E-state index contributed by atoms with van der Waals surface area (Å²) >= 11 is 0. The van der Waals surface area contributed by atoms with Crippen LogP contribution >= 0.6 is 0 Å². The van der Waals surface area contributed by atoms with Crippen LogP contribution in [0.4, 0.5) is 14.9 Å². The van der Waals surface area contributed by atoms with Gasteiger partial charge in [0, 0.05) is 6.07 Å². The number of halogens is 1. The molecule has 0 atom stereocenters. The van der Waals surface area contributed by atoms with Gasteiger partial charge in [-0.25, -0.2) is 14.0 Å². The van der Waals surface area contributed by atoms with E-state index in [1.54, 1.807) is 0 Å². The van der Waals surface area contributed by atoms with Crippen molar-refractivity contribution in [1.82, 2.24) is 5.32 Å². The zero-order chi connectivity index (χ0) is 19.1. The summed E-state index contributed by atoms with van der Waals surface area (Å²) < 4.78 is 23.0. The number of carbonyl (C=O) groups excluding carboxylic acids is 3. The van der Waals surface area contributed by atoms with E-state index < -0.39 is 30.3 Å². The van der Waals surface area contributed by atoms with Crippen molar-refractivity contribution in [2.24, 2.45) is 0 Å². The fraction of sp³-hybridized carbons (Fsp3) is 0.118. The standard InChI is InChI=1S/C17H15FN2O6/c1-25-10-6-7-11(14(21)8-10)16(23)26-9-15(22)20-17(24)19-13-5-3-2-4-12(13)18/h2-8,21H,9H2,1H3,(H2,19,20,22,24). The number of imide groups is 1. The summed E-state index contributed by atoms with van der Waals surface area (Å²) in [5.41, 5.74) is -0.285. The summed E-state index contributed by atoms with van der Waals surface area (Å²) in [6.45, 7) is -0.769. The Balaban J connectivity index is 1.85. The van der Waals surface area contributed by atoms with Gasteiger partial charge in [0.2, 0.25) is 0 Å². The van der Waals surface area contributed by atoms with Crippen LogP contribution < -0.4 is 15.4 Å². The smallest absolute Gasteiger partial charge is 0.342 e. The Labute approximate surface area is 147 Å². The number of hydrogen-bond acceptors (Lipinski definition) is 6. The first-order chi connectivity index (χ1) is 12.4. The maximum atomic E-state index is 13.4. The van der Waals surface area contributed by atoms with Crippen molar-refractivity contribution in [2.75, 3.05) is 19.0 Å². The normalized spacial score (nSPS) is 9.92. The molecule has 2 rings (SSSR count). The average Bonchev–Trinajstić information content (AvgIpc) is 2.61. The average molecular weight is 362 g/mol. The lowest BCUT2D eigenvalue weighted by molar-refractivity contribution is -0.123. The van der Waals surface area contributed by atoms with Crippen molar-refractivity contribution >= 4 is 23.6 Å². The molecule has 3 amide bonds. The van der Waals surface area contributed by atoms with Gasteiger partial charge < -0.3 is 19.9 Å². The maximum Gasteiger partial charge on any atom is 0.342 e. The van der Waals surface area contributed by atoms with Crippen LogP contribution in [-0.4, -0.2) is 36.7 Å². The molecule has 0 aliphatic heterocycles. The first-order valence-electron chi connectivity index (χ1n) is 7.30. The van der Waals surface area contributed by atoms with Gasteiger partial charge in [0.1, 0.15) is 22.9 Å². The molecular weight excluding hydrogens is 347 g/mol. The summed E-state index contributed by atoms with van der Waals surface area (Å²) in [7, 11) is 1.39. The number of phenolic OH excluding ortho intramolecular Hbond substituents is 1. The van der Waals surface area contributed by atoms with Crippen LogP contribution in [0.5, 0.6) is 11.5 Å². The molecule has 2 aromatic rings. The van der Waals surface area contributed by atoms with Gasteiger partial charge in [-0.1, -0.05) is 12.1 Å². The molecule has 0 aliphatic carbocycles. The molecule has 0 saturated carbocycles. The Kier molecular flexibility index (Phi) is 6.10. The largest absolute Gasteiger partial charge is 0.507 e. The number of aromatic hydroxyl groups is 1. The fourth-order valence-electron chi connectivity index (χ4n) is 1.90. The third-order valence-electron chi connectivity index (χ3n) is 3.13. The highest BCUT2D eigenvalue weighted by molar-refractivity contribution is 6.02. The highest BCUT2D eigenvalue weighted by Crippen LogP contribution is 2.23. The molecule has 8 nitrogen and oxygen atoms in total. The minimum absolute atomic E-state index is 0.113. The highest BCUT2D eigenvalue weighted by Gasteiger charge is 2.16. The molecule has 3 N–H and O–H groups in total. The number of urea groups is 1. The van der Waals surface area contributed by atoms with Crippen LogP contribution in [0.15, 0.2) is 42.5 Å². The molecule has 0 radical (unpaired) electrons. The molecule has 0 saturated heterocycles. The molecule has 136 valence electrons. The van der Waals surface area contributed by atoms with E-state index in [-0.39, 0.29) is 17.0 Å². The Morgan fingerprint density at radius 2 is 1.88 bits per heavy atom. The van der Waals surface area contributed by atoms with Crippen LogP contribution in [0, 0.1) is 5.82 Å². The number of hydrogen-bond donors (Lipinski definition) is 3. The van der Waals surface area contributed by atoms with E-state index >= 15 is 0 Å². The third kappa shape index (κ3) is 4.94. The van der Waals surface area contributed by atoms with Crippen molar-refractivity contribution in [3.8, 4) is 11.5 Å². The molecule has 0 bridgehead atoms. The SMILES string of the molecule is COc1ccc(C(=O)OCC(=O)NC(=O)Nc2ccccc2F)c(O)c1. The topological polar surface area (TPSA) is 114 Å². The second-order valence-electron chi connectivity index (χ2n) is 4.94. The summed E-state index contributed by atoms with van der Waals surface area (Å²) in [5, 5.41) is 13.7. The van der Waals surface area contributed by atoms with Gasteiger partial charge in [0.15, 0.2) is 6.61 Å².